The zero-order chi connectivity index (χ0) is 8.81. The molecule has 66 valence electrons. The minimum atomic E-state index is 0.956. The summed E-state index contributed by atoms with van der Waals surface area (Å²) in [6.07, 6.45) is 1.27. The summed E-state index contributed by atoms with van der Waals surface area (Å²) in [5.74, 6) is 0. The molecule has 1 unspecified atom stereocenters. The van der Waals surface area contributed by atoms with Gasteiger partial charge in [0.05, 0.1) is 0 Å². The predicted octanol–water partition coefficient (Wildman–Crippen LogP) is 1.55. The smallest absolute Gasteiger partial charge is 0.00152 e. The van der Waals surface area contributed by atoms with E-state index in [0.29, 0.717) is 0 Å². The SMILES string of the molecule is CN(C)CCPc1ccccc1. The molecule has 1 rings (SSSR count). The van der Waals surface area contributed by atoms with E-state index in [-0.39, 0.29) is 0 Å². The van der Waals surface area contributed by atoms with Crippen LogP contribution in [-0.4, -0.2) is 31.7 Å². The Morgan fingerprint density at radius 1 is 1.17 bits per heavy atom. The largest absolute Gasteiger partial charge is 0.309 e. The van der Waals surface area contributed by atoms with Crippen LogP contribution in [0.4, 0.5) is 0 Å². The minimum absolute atomic E-state index is 0.956. The Labute approximate surface area is 76.6 Å². The first-order valence-electron chi connectivity index (χ1n) is 4.22. The highest BCUT2D eigenvalue weighted by atomic mass is 31.1. The summed E-state index contributed by atoms with van der Waals surface area (Å²) in [5, 5.41) is 1.47. The van der Waals surface area contributed by atoms with Crippen LogP contribution in [0.25, 0.3) is 0 Å². The molecule has 1 aromatic rings. The predicted molar refractivity (Wildman–Crippen MR) is 57.8 cm³/mol. The van der Waals surface area contributed by atoms with E-state index in [9.17, 15) is 0 Å². The van der Waals surface area contributed by atoms with Crippen molar-refractivity contribution >= 4 is 13.9 Å². The van der Waals surface area contributed by atoms with Crippen LogP contribution in [0, 0.1) is 0 Å². The van der Waals surface area contributed by atoms with Gasteiger partial charge in [-0.15, -0.1) is 0 Å². The Bertz CT molecular complexity index is 208. The third-order valence-corrected chi connectivity index (χ3v) is 2.88. The Balaban J connectivity index is 2.25. The zero-order valence-electron chi connectivity index (χ0n) is 7.75. The molecule has 1 atom stereocenters. The highest BCUT2D eigenvalue weighted by Gasteiger charge is 1.92. The average molecular weight is 181 g/mol. The Hall–Kier alpha value is -0.390. The number of hydrogen-bond acceptors (Lipinski definition) is 1. The topological polar surface area (TPSA) is 3.24 Å². The first-order valence-corrected chi connectivity index (χ1v) is 5.43. The van der Waals surface area contributed by atoms with Crippen molar-refractivity contribution in [1.82, 2.24) is 4.90 Å². The van der Waals surface area contributed by atoms with Gasteiger partial charge in [0, 0.05) is 6.54 Å². The van der Waals surface area contributed by atoms with Crippen LogP contribution in [0.5, 0.6) is 0 Å². The van der Waals surface area contributed by atoms with E-state index in [0.717, 1.165) is 8.58 Å². The molecular weight excluding hydrogens is 165 g/mol. The Morgan fingerprint density at radius 2 is 1.83 bits per heavy atom. The van der Waals surface area contributed by atoms with E-state index in [4.69, 9.17) is 0 Å². The first-order chi connectivity index (χ1) is 5.79. The maximum atomic E-state index is 2.23. The van der Waals surface area contributed by atoms with Crippen molar-refractivity contribution < 1.29 is 0 Å². The second-order valence-electron chi connectivity index (χ2n) is 3.10. The van der Waals surface area contributed by atoms with Gasteiger partial charge in [-0.05, 0) is 25.6 Å². The second-order valence-corrected chi connectivity index (χ2v) is 4.53. The van der Waals surface area contributed by atoms with Gasteiger partial charge in [0.1, 0.15) is 0 Å². The van der Waals surface area contributed by atoms with Crippen LogP contribution in [0.2, 0.25) is 0 Å². The molecule has 0 aromatic heterocycles. The van der Waals surface area contributed by atoms with Crippen molar-refractivity contribution in [1.29, 1.82) is 0 Å². The normalized spacial score (nSPS) is 11.6. The fourth-order valence-electron chi connectivity index (χ4n) is 0.980. The van der Waals surface area contributed by atoms with Gasteiger partial charge in [0.2, 0.25) is 0 Å². The number of hydrogen-bond donors (Lipinski definition) is 0. The van der Waals surface area contributed by atoms with Gasteiger partial charge < -0.3 is 4.90 Å². The van der Waals surface area contributed by atoms with Crippen molar-refractivity contribution in [3.63, 3.8) is 0 Å². The first kappa shape index (κ1) is 9.70. The lowest BCUT2D eigenvalue weighted by atomic mass is 10.4. The molecule has 0 aliphatic heterocycles. The molecule has 0 heterocycles. The average Bonchev–Trinajstić information content (AvgIpc) is 2.05. The minimum Gasteiger partial charge on any atom is -0.309 e. The van der Waals surface area contributed by atoms with Crippen LogP contribution in [0.1, 0.15) is 0 Å². The molecule has 0 aliphatic rings. The summed E-state index contributed by atoms with van der Waals surface area (Å²) < 4.78 is 0. The van der Waals surface area contributed by atoms with Gasteiger partial charge in [0.25, 0.3) is 0 Å². The van der Waals surface area contributed by atoms with Gasteiger partial charge in [-0.1, -0.05) is 38.9 Å². The van der Waals surface area contributed by atoms with Crippen LogP contribution >= 0.6 is 8.58 Å². The molecule has 0 N–H and O–H groups in total. The van der Waals surface area contributed by atoms with Crippen LogP contribution in [-0.2, 0) is 0 Å². The summed E-state index contributed by atoms with van der Waals surface area (Å²) in [6.45, 7) is 1.19. The summed E-state index contributed by atoms with van der Waals surface area (Å²) in [6, 6.07) is 10.7. The van der Waals surface area contributed by atoms with Gasteiger partial charge in [0.15, 0.2) is 0 Å². The highest BCUT2D eigenvalue weighted by Crippen LogP contribution is 2.08. The Kier molecular flexibility index (Phi) is 4.27. The molecular formula is C10H16NP. The summed E-state index contributed by atoms with van der Waals surface area (Å²) in [4.78, 5) is 2.23. The van der Waals surface area contributed by atoms with E-state index in [2.05, 4.69) is 49.3 Å². The van der Waals surface area contributed by atoms with Gasteiger partial charge in [-0.2, -0.15) is 0 Å². The number of rotatable bonds is 4. The van der Waals surface area contributed by atoms with Gasteiger partial charge in [-0.25, -0.2) is 0 Å². The lowest BCUT2D eigenvalue weighted by Gasteiger charge is -2.08. The van der Waals surface area contributed by atoms with E-state index in [1.807, 2.05) is 0 Å². The molecule has 0 fully saturated rings. The maximum Gasteiger partial charge on any atom is 0.00152 e. The van der Waals surface area contributed by atoms with Gasteiger partial charge in [-0.3, -0.25) is 0 Å². The monoisotopic (exact) mass is 181 g/mol. The fraction of sp³-hybridized carbons (Fsp3) is 0.400. The van der Waals surface area contributed by atoms with Crippen LogP contribution < -0.4 is 5.30 Å². The second kappa shape index (κ2) is 5.29. The van der Waals surface area contributed by atoms with E-state index < -0.39 is 0 Å². The van der Waals surface area contributed by atoms with Crippen LogP contribution in [0.3, 0.4) is 0 Å². The van der Waals surface area contributed by atoms with E-state index in [1.54, 1.807) is 0 Å². The van der Waals surface area contributed by atoms with Crippen molar-refractivity contribution in [2.45, 2.75) is 0 Å². The van der Waals surface area contributed by atoms with Crippen molar-refractivity contribution in [3.8, 4) is 0 Å². The van der Waals surface area contributed by atoms with E-state index >= 15 is 0 Å². The van der Waals surface area contributed by atoms with E-state index in [1.165, 1.54) is 18.0 Å². The maximum absolute atomic E-state index is 2.23. The third-order valence-electron chi connectivity index (χ3n) is 1.66. The van der Waals surface area contributed by atoms with Crippen LogP contribution in [0.15, 0.2) is 30.3 Å². The zero-order valence-corrected chi connectivity index (χ0v) is 8.75. The van der Waals surface area contributed by atoms with Crippen molar-refractivity contribution in [3.05, 3.63) is 30.3 Å². The standard InChI is InChI=1S/C10H16NP/c1-11(2)8-9-12-10-6-4-3-5-7-10/h3-7,12H,8-9H2,1-2H3. The van der Waals surface area contributed by atoms with Gasteiger partial charge >= 0.3 is 0 Å². The molecule has 2 heteroatoms. The molecule has 0 spiro atoms. The quantitative estimate of drug-likeness (QED) is 0.637. The molecule has 1 aromatic carbocycles. The molecule has 0 bridgehead atoms. The van der Waals surface area contributed by atoms with Crippen molar-refractivity contribution in [2.24, 2.45) is 0 Å². The molecule has 0 amide bonds. The summed E-state index contributed by atoms with van der Waals surface area (Å²) in [5.41, 5.74) is 0. The highest BCUT2D eigenvalue weighted by molar-refractivity contribution is 7.47. The number of benzene rings is 1. The third kappa shape index (κ3) is 3.85. The molecule has 0 radical (unpaired) electrons. The number of nitrogens with zero attached hydrogens (tertiary/aromatic N) is 1. The summed E-state index contributed by atoms with van der Waals surface area (Å²) in [7, 11) is 5.20. The van der Waals surface area contributed by atoms with Crippen molar-refractivity contribution in [2.75, 3.05) is 26.8 Å². The molecule has 0 saturated carbocycles. The molecule has 12 heavy (non-hydrogen) atoms. The lowest BCUT2D eigenvalue weighted by Crippen LogP contribution is -2.15. The molecule has 0 aliphatic carbocycles. The Morgan fingerprint density at radius 3 is 2.42 bits per heavy atom. The lowest BCUT2D eigenvalue weighted by molar-refractivity contribution is 0.437. The molecule has 1 nitrogen and oxygen atoms in total. The molecule has 0 saturated heterocycles. The summed E-state index contributed by atoms with van der Waals surface area (Å²) >= 11 is 0. The fourth-order valence-corrected chi connectivity index (χ4v) is 2.26.